The molecule has 7 heteroatoms. The van der Waals surface area contributed by atoms with E-state index in [-0.39, 0.29) is 5.56 Å². The second-order valence-electron chi connectivity index (χ2n) is 7.70. The van der Waals surface area contributed by atoms with E-state index in [0.29, 0.717) is 39.7 Å². The van der Waals surface area contributed by atoms with E-state index in [1.54, 1.807) is 20.3 Å². The van der Waals surface area contributed by atoms with Crippen LogP contribution in [0.3, 0.4) is 0 Å². The summed E-state index contributed by atoms with van der Waals surface area (Å²) in [6, 6.07) is 20.7. The third-order valence-electron chi connectivity index (χ3n) is 5.78. The maximum absolute atomic E-state index is 13.3. The molecule has 0 bridgehead atoms. The van der Waals surface area contributed by atoms with Gasteiger partial charge in [0.15, 0.2) is 6.10 Å². The number of benzene rings is 3. The first-order valence-electron chi connectivity index (χ1n) is 10.4. The van der Waals surface area contributed by atoms with Gasteiger partial charge in [-0.05, 0) is 42.0 Å². The molecule has 0 spiro atoms. The van der Waals surface area contributed by atoms with Crippen LogP contribution in [-0.4, -0.2) is 24.9 Å². The number of pyridine rings is 1. The molecule has 0 fully saturated rings. The summed E-state index contributed by atoms with van der Waals surface area (Å²) in [5.74, 6) is 1.35. The van der Waals surface area contributed by atoms with Gasteiger partial charge in [0.1, 0.15) is 11.5 Å². The van der Waals surface area contributed by atoms with E-state index in [9.17, 15) is 4.79 Å². The Balaban J connectivity index is 1.65. The topological polar surface area (TPSA) is 72.9 Å². The zero-order chi connectivity index (χ0) is 22.9. The molecule has 1 atom stereocenters. The molecule has 5 rings (SSSR count). The maximum atomic E-state index is 13.3. The number of ether oxygens (including phenoxy) is 2. The van der Waals surface area contributed by atoms with E-state index >= 15 is 0 Å². The van der Waals surface area contributed by atoms with Gasteiger partial charge in [-0.25, -0.2) is 0 Å². The Morgan fingerprint density at radius 3 is 2.58 bits per heavy atom. The van der Waals surface area contributed by atoms with Crippen LogP contribution in [-0.2, 0) is 4.84 Å². The largest absolute Gasteiger partial charge is 0.497 e. The molecule has 1 aromatic heterocycles. The quantitative estimate of drug-likeness (QED) is 0.412. The Morgan fingerprint density at radius 1 is 1.00 bits per heavy atom. The Bertz CT molecular complexity index is 1430. The number of hydrogen-bond acceptors (Lipinski definition) is 5. The second-order valence-corrected chi connectivity index (χ2v) is 8.14. The Morgan fingerprint density at radius 2 is 1.82 bits per heavy atom. The fourth-order valence-corrected chi connectivity index (χ4v) is 4.40. The number of nitrogens with zero attached hydrogens (tertiary/aromatic N) is 1. The Kier molecular flexibility index (Phi) is 5.52. The van der Waals surface area contributed by atoms with E-state index in [1.807, 2.05) is 60.7 Å². The van der Waals surface area contributed by atoms with Crippen molar-refractivity contribution in [2.75, 3.05) is 14.2 Å². The molecule has 1 N–H and O–H groups in total. The first-order valence-corrected chi connectivity index (χ1v) is 10.8. The van der Waals surface area contributed by atoms with Crippen LogP contribution in [0.4, 0.5) is 0 Å². The molecule has 4 aromatic rings. The number of aromatic amines is 1. The van der Waals surface area contributed by atoms with E-state index in [0.717, 1.165) is 22.1 Å². The average Bonchev–Trinajstić information content (AvgIpc) is 3.33. The molecule has 0 radical (unpaired) electrons. The van der Waals surface area contributed by atoms with Crippen molar-refractivity contribution in [2.45, 2.75) is 12.5 Å². The van der Waals surface area contributed by atoms with Gasteiger partial charge in [-0.3, -0.25) is 4.79 Å². The molecule has 1 aliphatic rings. The zero-order valence-electron chi connectivity index (χ0n) is 18.1. The number of oxime groups is 1. The molecule has 0 amide bonds. The minimum atomic E-state index is -0.414. The molecule has 0 saturated carbocycles. The number of methoxy groups -OCH3 is 2. The fourth-order valence-electron chi connectivity index (χ4n) is 4.23. The predicted octanol–water partition coefficient (Wildman–Crippen LogP) is 5.73. The first-order chi connectivity index (χ1) is 16.1. The fraction of sp³-hybridized carbons (Fsp3) is 0.154. The third kappa shape index (κ3) is 3.83. The zero-order valence-corrected chi connectivity index (χ0v) is 18.8. The van der Waals surface area contributed by atoms with Crippen molar-refractivity contribution in [1.29, 1.82) is 0 Å². The lowest BCUT2D eigenvalue weighted by Gasteiger charge is -2.15. The van der Waals surface area contributed by atoms with E-state index in [4.69, 9.17) is 25.9 Å². The second kappa shape index (κ2) is 8.64. The van der Waals surface area contributed by atoms with E-state index < -0.39 is 6.10 Å². The molecule has 1 aliphatic heterocycles. The monoisotopic (exact) mass is 460 g/mol. The highest BCUT2D eigenvalue weighted by molar-refractivity contribution is 6.31. The third-order valence-corrected chi connectivity index (χ3v) is 6.01. The van der Waals surface area contributed by atoms with Gasteiger partial charge in [0.2, 0.25) is 0 Å². The SMILES string of the molecule is COc1ccc(OC)c(C2CC(c3c(-c4ccccc4)c4cc(Cl)ccc4[nH]c3=O)=NO2)c1. The van der Waals surface area contributed by atoms with Gasteiger partial charge in [-0.2, -0.15) is 0 Å². The van der Waals surface area contributed by atoms with Crippen LogP contribution in [0.15, 0.2) is 76.7 Å². The van der Waals surface area contributed by atoms with Crippen LogP contribution in [0.2, 0.25) is 5.02 Å². The highest BCUT2D eigenvalue weighted by Crippen LogP contribution is 2.39. The van der Waals surface area contributed by atoms with Gasteiger partial charge in [0.25, 0.3) is 5.56 Å². The van der Waals surface area contributed by atoms with Crippen molar-refractivity contribution < 1.29 is 14.3 Å². The summed E-state index contributed by atoms with van der Waals surface area (Å²) in [5.41, 5.74) is 3.99. The summed E-state index contributed by atoms with van der Waals surface area (Å²) in [5, 5.41) is 5.76. The summed E-state index contributed by atoms with van der Waals surface area (Å²) in [6.45, 7) is 0. The normalized spacial score (nSPS) is 15.2. The van der Waals surface area contributed by atoms with Crippen LogP contribution in [0.1, 0.15) is 23.7 Å². The lowest BCUT2D eigenvalue weighted by atomic mass is 9.91. The highest BCUT2D eigenvalue weighted by atomic mass is 35.5. The van der Waals surface area contributed by atoms with Gasteiger partial charge < -0.3 is 19.3 Å². The predicted molar refractivity (Wildman–Crippen MR) is 130 cm³/mol. The van der Waals surface area contributed by atoms with Crippen molar-refractivity contribution in [2.24, 2.45) is 5.16 Å². The molecule has 3 aromatic carbocycles. The smallest absolute Gasteiger partial charge is 0.258 e. The molecule has 6 nitrogen and oxygen atoms in total. The molecule has 166 valence electrons. The molecular formula is C26H21ClN2O4. The Labute approximate surface area is 195 Å². The van der Waals surface area contributed by atoms with Crippen molar-refractivity contribution in [3.8, 4) is 22.6 Å². The van der Waals surface area contributed by atoms with E-state index in [2.05, 4.69) is 10.1 Å². The molecule has 33 heavy (non-hydrogen) atoms. The van der Waals surface area contributed by atoms with Crippen molar-refractivity contribution in [1.82, 2.24) is 4.98 Å². The number of fused-ring (bicyclic) bond motifs is 1. The number of rotatable bonds is 5. The van der Waals surface area contributed by atoms with Gasteiger partial charge >= 0.3 is 0 Å². The standard InChI is InChI=1S/C26H21ClN2O4/c1-31-17-9-11-22(32-2)19(13-17)23-14-21(29-33-23)25-24(15-6-4-3-5-7-15)18-12-16(27)8-10-20(18)28-26(25)30/h3-13,23H,14H2,1-2H3,(H,28,30). The van der Waals surface area contributed by atoms with Gasteiger partial charge in [0.05, 0.1) is 25.5 Å². The maximum Gasteiger partial charge on any atom is 0.258 e. The highest BCUT2D eigenvalue weighted by Gasteiger charge is 2.30. The van der Waals surface area contributed by atoms with E-state index in [1.165, 1.54) is 0 Å². The molecule has 0 saturated heterocycles. The van der Waals surface area contributed by atoms with Crippen molar-refractivity contribution >= 4 is 28.2 Å². The summed E-state index contributed by atoms with van der Waals surface area (Å²) in [6.07, 6.45) is -0.0125. The number of halogens is 1. The summed E-state index contributed by atoms with van der Waals surface area (Å²) in [7, 11) is 3.21. The molecular weight excluding hydrogens is 440 g/mol. The molecule has 1 unspecified atom stereocenters. The van der Waals surface area contributed by atoms with Gasteiger partial charge in [-0.15, -0.1) is 0 Å². The minimum absolute atomic E-state index is 0.232. The lowest BCUT2D eigenvalue weighted by Crippen LogP contribution is -2.20. The first kappa shape index (κ1) is 21.1. The molecule has 0 aliphatic carbocycles. The van der Waals surface area contributed by atoms with Crippen LogP contribution >= 0.6 is 11.6 Å². The number of H-pyrrole nitrogens is 1. The number of aromatic nitrogens is 1. The van der Waals surface area contributed by atoms with Crippen LogP contribution in [0.25, 0.3) is 22.0 Å². The number of hydrogen-bond donors (Lipinski definition) is 1. The average molecular weight is 461 g/mol. The summed E-state index contributed by atoms with van der Waals surface area (Å²) < 4.78 is 10.9. The number of nitrogens with one attached hydrogen (secondary N) is 1. The van der Waals surface area contributed by atoms with Gasteiger partial charge in [0, 0.05) is 33.5 Å². The van der Waals surface area contributed by atoms with Crippen molar-refractivity contribution in [3.05, 3.63) is 93.2 Å². The lowest BCUT2D eigenvalue weighted by molar-refractivity contribution is 0.0835. The Hall–Kier alpha value is -3.77. The summed E-state index contributed by atoms with van der Waals surface area (Å²) in [4.78, 5) is 22.1. The van der Waals surface area contributed by atoms with Crippen LogP contribution in [0.5, 0.6) is 11.5 Å². The minimum Gasteiger partial charge on any atom is -0.497 e. The van der Waals surface area contributed by atoms with Gasteiger partial charge in [-0.1, -0.05) is 47.1 Å². The summed E-state index contributed by atoms with van der Waals surface area (Å²) >= 11 is 6.32. The van der Waals surface area contributed by atoms with Crippen molar-refractivity contribution in [3.63, 3.8) is 0 Å². The molecule has 2 heterocycles. The van der Waals surface area contributed by atoms with Crippen LogP contribution < -0.4 is 15.0 Å². The van der Waals surface area contributed by atoms with Crippen LogP contribution in [0, 0.1) is 0 Å².